The Balaban J connectivity index is 2.45. The number of hydrogen-bond acceptors (Lipinski definition) is 4. The monoisotopic (exact) mass is 455 g/mol. The van der Waals surface area contributed by atoms with Crippen molar-refractivity contribution >= 4 is 13.5 Å². The van der Waals surface area contributed by atoms with Crippen molar-refractivity contribution in [2.75, 3.05) is 12.7 Å². The van der Waals surface area contributed by atoms with Crippen LogP contribution in [0.1, 0.15) is 76.7 Å². The summed E-state index contributed by atoms with van der Waals surface area (Å²) in [6.45, 7) is 2.64. The van der Waals surface area contributed by atoms with Crippen LogP contribution in [0.4, 0.5) is 0 Å². The van der Waals surface area contributed by atoms with Gasteiger partial charge < -0.3 is 15.1 Å². The molecule has 0 radical (unpaired) electrons. The van der Waals surface area contributed by atoms with Gasteiger partial charge in [0.1, 0.15) is 5.56 Å². The molecule has 174 valence electrons. The van der Waals surface area contributed by atoms with Crippen molar-refractivity contribution in [2.24, 2.45) is 0 Å². The van der Waals surface area contributed by atoms with E-state index in [0.717, 1.165) is 25.7 Å². The molecular weight excluding hydrogens is 421 g/mol. The number of carbonyl (C=O) groups is 1. The number of carbonyl (C=O) groups excluding carboxylic acids is 1. The summed E-state index contributed by atoms with van der Waals surface area (Å²) in [4.78, 5) is 55.5. The number of aromatic amines is 1. The number of amides is 1. The lowest BCUT2D eigenvalue weighted by Crippen LogP contribution is -2.31. The molecule has 0 aliphatic carbocycles. The fraction of sp³-hybridized carbons (Fsp3) is 0.667. The van der Waals surface area contributed by atoms with E-state index in [1.807, 2.05) is 0 Å². The molecule has 0 unspecified atom stereocenters. The van der Waals surface area contributed by atoms with E-state index < -0.39 is 18.8 Å². The molecular formula is C21H34N3O6P. The molecule has 0 bridgehead atoms. The van der Waals surface area contributed by atoms with E-state index in [0.29, 0.717) is 38.6 Å². The smallest absolute Gasteiger partial charge is 0.328 e. The number of unbranched alkanes of at least 4 members (excludes halogenated alkanes) is 7. The Bertz CT molecular complexity index is 906. The van der Waals surface area contributed by atoms with Crippen LogP contribution >= 0.6 is 7.60 Å². The maximum Gasteiger partial charge on any atom is 0.328 e. The van der Waals surface area contributed by atoms with Gasteiger partial charge in [-0.15, -0.1) is 0 Å². The minimum atomic E-state index is -3.96. The maximum absolute atomic E-state index is 11.9. The number of aromatic nitrogens is 2. The molecule has 0 atom stereocenters. The number of hydrogen-bond donors (Lipinski definition) is 4. The molecule has 0 aliphatic heterocycles. The summed E-state index contributed by atoms with van der Waals surface area (Å²) in [5, 5.41) is 2.70. The van der Waals surface area contributed by atoms with E-state index in [2.05, 4.69) is 29.1 Å². The van der Waals surface area contributed by atoms with E-state index in [9.17, 15) is 18.9 Å². The van der Waals surface area contributed by atoms with Gasteiger partial charge in [0.15, 0.2) is 0 Å². The highest BCUT2D eigenvalue weighted by molar-refractivity contribution is 7.51. The number of nitrogens with zero attached hydrogens (tertiary/aromatic N) is 1. The number of H-pyrrole nitrogens is 1. The summed E-state index contributed by atoms with van der Waals surface area (Å²) >= 11 is 0. The van der Waals surface area contributed by atoms with Crippen LogP contribution in [-0.2, 0) is 15.9 Å². The SMILES string of the molecule is CCCCCCCC(=O)NCC#Cc1cn(CCCCCCP(=O)(O)O)c(=O)[nH]c1=O. The topological polar surface area (TPSA) is 141 Å². The number of aryl methyl sites for hydroxylation is 1. The summed E-state index contributed by atoms with van der Waals surface area (Å²) in [6, 6.07) is 0. The first kappa shape index (κ1) is 26.9. The second kappa shape index (κ2) is 14.8. The Morgan fingerprint density at radius 3 is 2.48 bits per heavy atom. The van der Waals surface area contributed by atoms with Crippen LogP contribution in [0, 0.1) is 11.8 Å². The Hall–Kier alpha value is -2.14. The quantitative estimate of drug-likeness (QED) is 0.192. The average Bonchev–Trinajstić information content (AvgIpc) is 2.69. The Kier molecular flexibility index (Phi) is 12.8. The molecule has 0 saturated carbocycles. The minimum absolute atomic E-state index is 0.0663. The summed E-state index contributed by atoms with van der Waals surface area (Å²) < 4.78 is 12.2. The zero-order valence-electron chi connectivity index (χ0n) is 18.2. The van der Waals surface area contributed by atoms with E-state index in [-0.39, 0.29) is 24.2 Å². The minimum Gasteiger partial charge on any atom is -0.345 e. The van der Waals surface area contributed by atoms with Gasteiger partial charge in [0.25, 0.3) is 5.56 Å². The van der Waals surface area contributed by atoms with Crippen molar-refractivity contribution in [3.63, 3.8) is 0 Å². The summed E-state index contributed by atoms with van der Waals surface area (Å²) in [5.41, 5.74) is -0.949. The Labute approximate surface area is 182 Å². The summed E-state index contributed by atoms with van der Waals surface area (Å²) in [7, 11) is -3.96. The van der Waals surface area contributed by atoms with Crippen LogP contribution in [-0.4, -0.2) is 38.0 Å². The van der Waals surface area contributed by atoms with Crippen molar-refractivity contribution in [1.82, 2.24) is 14.9 Å². The van der Waals surface area contributed by atoms with Gasteiger partial charge in [0.05, 0.1) is 6.54 Å². The van der Waals surface area contributed by atoms with Crippen LogP contribution < -0.4 is 16.6 Å². The predicted molar refractivity (Wildman–Crippen MR) is 120 cm³/mol. The Morgan fingerprint density at radius 1 is 1.10 bits per heavy atom. The molecule has 4 N–H and O–H groups in total. The lowest BCUT2D eigenvalue weighted by atomic mass is 10.1. The fourth-order valence-electron chi connectivity index (χ4n) is 2.98. The molecule has 9 nitrogen and oxygen atoms in total. The van der Waals surface area contributed by atoms with Gasteiger partial charge in [0.2, 0.25) is 5.91 Å². The van der Waals surface area contributed by atoms with Crippen molar-refractivity contribution in [1.29, 1.82) is 0 Å². The predicted octanol–water partition coefficient (Wildman–Crippen LogP) is 2.10. The van der Waals surface area contributed by atoms with Crippen LogP contribution in [0.15, 0.2) is 15.8 Å². The first-order chi connectivity index (χ1) is 14.7. The molecule has 0 spiro atoms. The summed E-state index contributed by atoms with van der Waals surface area (Å²) in [5.74, 6) is 5.36. The molecule has 1 aromatic heterocycles. The first-order valence-corrected chi connectivity index (χ1v) is 12.7. The highest BCUT2D eigenvalue weighted by atomic mass is 31.2. The highest BCUT2D eigenvalue weighted by Crippen LogP contribution is 2.35. The molecule has 10 heteroatoms. The van der Waals surface area contributed by atoms with Crippen molar-refractivity contribution in [3.05, 3.63) is 32.6 Å². The average molecular weight is 455 g/mol. The largest absolute Gasteiger partial charge is 0.345 e. The zero-order valence-corrected chi connectivity index (χ0v) is 19.1. The van der Waals surface area contributed by atoms with Crippen LogP contribution in [0.25, 0.3) is 0 Å². The lowest BCUT2D eigenvalue weighted by Gasteiger charge is -2.06. The molecule has 1 aromatic rings. The van der Waals surface area contributed by atoms with Gasteiger partial charge in [-0.1, -0.05) is 57.3 Å². The molecule has 1 heterocycles. The van der Waals surface area contributed by atoms with Gasteiger partial charge in [0, 0.05) is 25.3 Å². The van der Waals surface area contributed by atoms with Crippen molar-refractivity contribution < 1.29 is 19.1 Å². The Morgan fingerprint density at radius 2 is 1.77 bits per heavy atom. The molecule has 1 rings (SSSR count). The van der Waals surface area contributed by atoms with Gasteiger partial charge in [-0.25, -0.2) is 4.79 Å². The van der Waals surface area contributed by atoms with E-state index in [4.69, 9.17) is 9.79 Å². The third-order valence-corrected chi connectivity index (χ3v) is 5.61. The summed E-state index contributed by atoms with van der Waals surface area (Å²) in [6.07, 6.45) is 9.50. The molecule has 0 aliphatic rings. The van der Waals surface area contributed by atoms with Crippen LogP contribution in [0.2, 0.25) is 0 Å². The zero-order chi connectivity index (χ0) is 23.1. The van der Waals surface area contributed by atoms with Gasteiger partial charge in [-0.05, 0) is 19.3 Å². The van der Waals surface area contributed by atoms with Crippen LogP contribution in [0.5, 0.6) is 0 Å². The molecule has 1 amide bonds. The van der Waals surface area contributed by atoms with E-state index >= 15 is 0 Å². The number of rotatable bonds is 14. The normalized spacial score (nSPS) is 11.1. The standard InChI is InChI=1S/C21H34N3O6P/c1-2-3-4-5-8-13-19(25)22-14-11-12-18-17-24(21(27)23-20(18)26)15-9-6-7-10-16-31(28,29)30/h17H,2-10,13-16H2,1H3,(H,22,25)(H,23,26,27)(H2,28,29,30). The third kappa shape index (κ3) is 13.0. The van der Waals surface area contributed by atoms with Crippen molar-refractivity contribution in [2.45, 2.75) is 77.7 Å². The van der Waals surface area contributed by atoms with E-state index in [1.165, 1.54) is 17.2 Å². The number of nitrogens with one attached hydrogen (secondary N) is 2. The van der Waals surface area contributed by atoms with Crippen LogP contribution in [0.3, 0.4) is 0 Å². The first-order valence-electron chi connectivity index (χ1n) is 10.9. The fourth-order valence-corrected chi connectivity index (χ4v) is 3.61. The molecule has 31 heavy (non-hydrogen) atoms. The van der Waals surface area contributed by atoms with E-state index in [1.54, 1.807) is 0 Å². The highest BCUT2D eigenvalue weighted by Gasteiger charge is 2.11. The third-order valence-electron chi connectivity index (χ3n) is 4.71. The maximum atomic E-state index is 11.9. The second-order valence-corrected chi connectivity index (χ2v) is 9.32. The van der Waals surface area contributed by atoms with Gasteiger partial charge in [-0.3, -0.25) is 23.7 Å². The second-order valence-electron chi connectivity index (χ2n) is 7.54. The molecule has 0 fully saturated rings. The molecule has 0 saturated heterocycles. The lowest BCUT2D eigenvalue weighted by molar-refractivity contribution is -0.120. The van der Waals surface area contributed by atoms with Crippen molar-refractivity contribution in [3.8, 4) is 11.8 Å². The van der Waals surface area contributed by atoms with Gasteiger partial charge in [-0.2, -0.15) is 0 Å². The molecule has 0 aromatic carbocycles. The van der Waals surface area contributed by atoms with Gasteiger partial charge >= 0.3 is 13.3 Å².